The van der Waals surface area contributed by atoms with Crippen molar-refractivity contribution in [3.05, 3.63) is 45.9 Å². The van der Waals surface area contributed by atoms with Gasteiger partial charge in [0.1, 0.15) is 23.5 Å². The maximum absolute atomic E-state index is 10.00. The molecule has 1 heterocycles. The second-order valence-corrected chi connectivity index (χ2v) is 5.97. The third-order valence-electron chi connectivity index (χ3n) is 3.03. The van der Waals surface area contributed by atoms with Gasteiger partial charge in [-0.1, -0.05) is 30.7 Å². The third-order valence-corrected chi connectivity index (χ3v) is 4.23. The van der Waals surface area contributed by atoms with Crippen LogP contribution in [0.4, 0.5) is 0 Å². The van der Waals surface area contributed by atoms with Crippen molar-refractivity contribution in [2.75, 3.05) is 13.2 Å². The molecular weight excluding hydrogens is 308 g/mol. The van der Waals surface area contributed by atoms with Crippen LogP contribution in [-0.4, -0.2) is 29.3 Å². The quantitative estimate of drug-likeness (QED) is 0.781. The van der Waals surface area contributed by atoms with E-state index in [2.05, 4.69) is 17.2 Å². The van der Waals surface area contributed by atoms with Crippen LogP contribution in [0.3, 0.4) is 0 Å². The topological polar surface area (TPSA) is 54.4 Å². The summed E-state index contributed by atoms with van der Waals surface area (Å²) in [5.74, 6) is 0.588. The lowest BCUT2D eigenvalue weighted by Crippen LogP contribution is -2.33. The van der Waals surface area contributed by atoms with E-state index in [0.717, 1.165) is 11.4 Å². The van der Waals surface area contributed by atoms with E-state index in [1.54, 1.807) is 29.7 Å². The lowest BCUT2D eigenvalue weighted by atomic mass is 10.2. The van der Waals surface area contributed by atoms with E-state index in [9.17, 15) is 5.11 Å². The zero-order valence-corrected chi connectivity index (χ0v) is 13.4. The molecule has 2 aromatic rings. The third kappa shape index (κ3) is 4.97. The molecule has 6 heteroatoms. The average molecular weight is 327 g/mol. The molecule has 0 aliphatic heterocycles. The average Bonchev–Trinajstić information content (AvgIpc) is 3.01. The first-order valence-corrected chi connectivity index (χ1v) is 8.14. The van der Waals surface area contributed by atoms with Gasteiger partial charge in [0.2, 0.25) is 0 Å². The number of para-hydroxylation sites is 1. The van der Waals surface area contributed by atoms with Gasteiger partial charge in [-0.3, -0.25) is 0 Å². The molecule has 0 bridgehead atoms. The first kappa shape index (κ1) is 16.2. The summed E-state index contributed by atoms with van der Waals surface area (Å²) < 4.78 is 5.52. The van der Waals surface area contributed by atoms with Crippen LogP contribution in [0.15, 0.2) is 35.8 Å². The van der Waals surface area contributed by atoms with Gasteiger partial charge in [-0.05, 0) is 18.6 Å². The van der Waals surface area contributed by atoms with Gasteiger partial charge < -0.3 is 15.2 Å². The highest BCUT2D eigenvalue weighted by molar-refractivity contribution is 7.09. The minimum absolute atomic E-state index is 0.167. The predicted octanol–water partition coefficient (Wildman–Crippen LogP) is 3.28. The van der Waals surface area contributed by atoms with E-state index in [4.69, 9.17) is 16.3 Å². The molecule has 0 aliphatic carbocycles. The van der Waals surface area contributed by atoms with Gasteiger partial charge in [0.15, 0.2) is 0 Å². The Kier molecular flexibility index (Phi) is 6.45. The number of aromatic nitrogens is 1. The second-order valence-electron chi connectivity index (χ2n) is 4.63. The highest BCUT2D eigenvalue weighted by Gasteiger charge is 2.14. The number of hydrogen-bond acceptors (Lipinski definition) is 5. The van der Waals surface area contributed by atoms with E-state index < -0.39 is 6.10 Å². The molecule has 0 fully saturated rings. The standard InChI is InChI=1S/C15H19ClN2O2S/c1-2-13(15-17-7-8-21-15)18-9-11(19)10-20-14-6-4-3-5-12(14)16/h3-8,11,13,18-19H,2,9-10H2,1H3. The summed E-state index contributed by atoms with van der Waals surface area (Å²) in [6.45, 7) is 2.74. The molecular formula is C15H19ClN2O2S. The molecule has 0 aliphatic rings. The number of nitrogens with zero attached hydrogens (tertiary/aromatic N) is 1. The van der Waals surface area contributed by atoms with E-state index in [1.807, 2.05) is 17.5 Å². The fourth-order valence-corrected chi connectivity index (χ4v) is 2.89. The molecule has 2 N–H and O–H groups in total. The van der Waals surface area contributed by atoms with Crippen molar-refractivity contribution >= 4 is 22.9 Å². The number of benzene rings is 1. The molecule has 0 amide bonds. The predicted molar refractivity (Wildman–Crippen MR) is 86.1 cm³/mol. The first-order valence-electron chi connectivity index (χ1n) is 6.89. The SMILES string of the molecule is CCC(NCC(O)COc1ccccc1Cl)c1nccs1. The van der Waals surface area contributed by atoms with E-state index in [1.165, 1.54) is 0 Å². The van der Waals surface area contributed by atoms with E-state index >= 15 is 0 Å². The van der Waals surface area contributed by atoms with Gasteiger partial charge in [0.25, 0.3) is 0 Å². The Morgan fingerprint density at radius 2 is 2.24 bits per heavy atom. The molecule has 4 nitrogen and oxygen atoms in total. The van der Waals surface area contributed by atoms with Crippen LogP contribution in [0, 0.1) is 0 Å². The van der Waals surface area contributed by atoms with Crippen molar-refractivity contribution in [1.29, 1.82) is 0 Å². The van der Waals surface area contributed by atoms with Crippen molar-refractivity contribution in [3.63, 3.8) is 0 Å². The van der Waals surface area contributed by atoms with Crippen LogP contribution in [0.5, 0.6) is 5.75 Å². The maximum atomic E-state index is 10.00. The number of ether oxygens (including phenoxy) is 1. The van der Waals surface area contributed by atoms with Crippen molar-refractivity contribution in [1.82, 2.24) is 10.3 Å². The van der Waals surface area contributed by atoms with Crippen LogP contribution in [0.2, 0.25) is 5.02 Å². The number of aliphatic hydroxyl groups excluding tert-OH is 1. The second kappa shape index (κ2) is 8.34. The number of hydrogen-bond donors (Lipinski definition) is 2. The molecule has 0 radical (unpaired) electrons. The Labute approximate surface area is 133 Å². The molecule has 0 spiro atoms. The van der Waals surface area contributed by atoms with Gasteiger partial charge in [0, 0.05) is 18.1 Å². The number of aliphatic hydroxyl groups is 1. The Balaban J connectivity index is 1.77. The van der Waals surface area contributed by atoms with Crippen molar-refractivity contribution < 1.29 is 9.84 Å². The minimum Gasteiger partial charge on any atom is -0.489 e. The summed E-state index contributed by atoms with van der Waals surface area (Å²) in [6.07, 6.45) is 2.11. The molecule has 0 saturated carbocycles. The Bertz CT molecular complexity index is 536. The monoisotopic (exact) mass is 326 g/mol. The summed E-state index contributed by atoms with van der Waals surface area (Å²) >= 11 is 7.61. The first-order chi connectivity index (χ1) is 10.2. The van der Waals surface area contributed by atoms with Gasteiger partial charge >= 0.3 is 0 Å². The van der Waals surface area contributed by atoms with E-state index in [-0.39, 0.29) is 12.6 Å². The van der Waals surface area contributed by atoms with E-state index in [0.29, 0.717) is 17.3 Å². The summed E-state index contributed by atoms with van der Waals surface area (Å²) in [5, 5.41) is 16.8. The lowest BCUT2D eigenvalue weighted by molar-refractivity contribution is 0.103. The van der Waals surface area contributed by atoms with Gasteiger partial charge in [-0.15, -0.1) is 11.3 Å². The van der Waals surface area contributed by atoms with Gasteiger partial charge in [0.05, 0.1) is 11.1 Å². The summed E-state index contributed by atoms with van der Waals surface area (Å²) in [7, 11) is 0. The fraction of sp³-hybridized carbons (Fsp3) is 0.400. The number of nitrogens with one attached hydrogen (secondary N) is 1. The van der Waals surface area contributed by atoms with Crippen molar-refractivity contribution in [2.24, 2.45) is 0 Å². The maximum Gasteiger partial charge on any atom is 0.138 e. The lowest BCUT2D eigenvalue weighted by Gasteiger charge is -2.18. The van der Waals surface area contributed by atoms with Crippen LogP contribution in [0.25, 0.3) is 0 Å². The highest BCUT2D eigenvalue weighted by atomic mass is 35.5. The fourth-order valence-electron chi connectivity index (χ4n) is 1.90. The van der Waals surface area contributed by atoms with Crippen molar-refractivity contribution in [2.45, 2.75) is 25.5 Å². The van der Waals surface area contributed by atoms with Crippen LogP contribution >= 0.6 is 22.9 Å². The zero-order chi connectivity index (χ0) is 15.1. The minimum atomic E-state index is -0.602. The summed E-state index contributed by atoms with van der Waals surface area (Å²) in [5.41, 5.74) is 0. The summed E-state index contributed by atoms with van der Waals surface area (Å²) in [4.78, 5) is 4.30. The Morgan fingerprint density at radius 3 is 2.90 bits per heavy atom. The molecule has 2 atom stereocenters. The molecule has 114 valence electrons. The number of thiazole rings is 1. The Hall–Kier alpha value is -1.14. The molecule has 1 aromatic carbocycles. The zero-order valence-electron chi connectivity index (χ0n) is 11.8. The van der Waals surface area contributed by atoms with Crippen LogP contribution in [-0.2, 0) is 0 Å². The molecule has 2 rings (SSSR count). The molecule has 1 aromatic heterocycles. The molecule has 2 unspecified atom stereocenters. The number of halogens is 1. The normalized spacial score (nSPS) is 13.9. The summed E-state index contributed by atoms with van der Waals surface area (Å²) in [6, 6.07) is 7.40. The molecule has 0 saturated heterocycles. The van der Waals surface area contributed by atoms with Gasteiger partial charge in [-0.2, -0.15) is 0 Å². The Morgan fingerprint density at radius 1 is 1.43 bits per heavy atom. The van der Waals surface area contributed by atoms with Crippen molar-refractivity contribution in [3.8, 4) is 5.75 Å². The molecule has 21 heavy (non-hydrogen) atoms. The largest absolute Gasteiger partial charge is 0.489 e. The van der Waals surface area contributed by atoms with Gasteiger partial charge in [-0.25, -0.2) is 4.98 Å². The van der Waals surface area contributed by atoms with Crippen LogP contribution in [0.1, 0.15) is 24.4 Å². The number of rotatable bonds is 8. The smallest absolute Gasteiger partial charge is 0.138 e. The van der Waals surface area contributed by atoms with Crippen LogP contribution < -0.4 is 10.1 Å². The highest BCUT2D eigenvalue weighted by Crippen LogP contribution is 2.23.